The topological polar surface area (TPSA) is 43.8 Å². The molecule has 0 spiro atoms. The number of hydrogen-bond acceptors (Lipinski definition) is 2. The van der Waals surface area contributed by atoms with Gasteiger partial charge in [-0.05, 0) is 25.0 Å². The summed E-state index contributed by atoms with van der Waals surface area (Å²) in [5.74, 6) is 0.986. The minimum atomic E-state index is 0.0663. The lowest BCUT2D eigenvalue weighted by atomic mass is 9.97. The molecule has 0 aliphatic carbocycles. The van der Waals surface area contributed by atoms with Gasteiger partial charge < -0.3 is 10.3 Å². The van der Waals surface area contributed by atoms with Crippen LogP contribution in [0.1, 0.15) is 30.8 Å². The molecule has 18 heavy (non-hydrogen) atoms. The first-order chi connectivity index (χ1) is 8.65. The molecule has 1 aromatic carbocycles. The molecule has 3 nitrogen and oxygen atoms in total. The molecule has 2 unspecified atom stereocenters. The predicted octanol–water partition coefficient (Wildman–Crippen LogP) is 3.28. The van der Waals surface area contributed by atoms with Crippen LogP contribution in [-0.2, 0) is 0 Å². The summed E-state index contributed by atoms with van der Waals surface area (Å²) in [6.45, 7) is 4.12. The van der Waals surface area contributed by atoms with E-state index in [4.69, 9.17) is 5.73 Å². The summed E-state index contributed by atoms with van der Waals surface area (Å²) in [6.07, 6.45) is 4.74. The molecule has 4 heteroatoms. The zero-order chi connectivity index (χ0) is 13.1. The minimum absolute atomic E-state index is 0.0663. The second-order valence-electron chi connectivity index (χ2n) is 4.42. The number of aromatic nitrogens is 2. The number of imidazole rings is 1. The molecule has 2 aromatic rings. The van der Waals surface area contributed by atoms with Crippen LogP contribution in [0.5, 0.6) is 0 Å². The van der Waals surface area contributed by atoms with Crippen LogP contribution >= 0.6 is 15.9 Å². The van der Waals surface area contributed by atoms with Gasteiger partial charge in [0.1, 0.15) is 5.82 Å². The van der Waals surface area contributed by atoms with E-state index in [0.29, 0.717) is 0 Å². The molecule has 0 aliphatic heterocycles. The SMILES string of the molecule is CCC(N)C(c1ccccc1Br)n1ccnc1C. The van der Waals surface area contributed by atoms with Crippen LogP contribution in [0.25, 0.3) is 0 Å². The molecule has 96 valence electrons. The molecule has 1 aromatic heterocycles. The van der Waals surface area contributed by atoms with Gasteiger partial charge in [0, 0.05) is 22.9 Å². The lowest BCUT2D eigenvalue weighted by Gasteiger charge is -2.27. The maximum Gasteiger partial charge on any atom is 0.106 e. The van der Waals surface area contributed by atoms with E-state index >= 15 is 0 Å². The van der Waals surface area contributed by atoms with E-state index in [9.17, 15) is 0 Å². The Morgan fingerprint density at radius 2 is 2.11 bits per heavy atom. The highest BCUT2D eigenvalue weighted by Gasteiger charge is 2.23. The number of rotatable bonds is 4. The normalized spacial score (nSPS) is 14.4. The van der Waals surface area contributed by atoms with Crippen molar-refractivity contribution in [3.8, 4) is 0 Å². The molecular formula is C14H18BrN3. The highest BCUT2D eigenvalue weighted by atomic mass is 79.9. The van der Waals surface area contributed by atoms with Crippen LogP contribution in [0.4, 0.5) is 0 Å². The molecule has 0 amide bonds. The third-order valence-electron chi connectivity index (χ3n) is 3.26. The van der Waals surface area contributed by atoms with E-state index in [1.165, 1.54) is 5.56 Å². The standard InChI is InChI=1S/C14H18BrN3/c1-3-13(16)14(18-9-8-17-10(18)2)11-6-4-5-7-12(11)15/h4-9,13-14H,3,16H2,1-2H3. The molecular weight excluding hydrogens is 290 g/mol. The maximum absolute atomic E-state index is 6.31. The third kappa shape index (κ3) is 2.49. The monoisotopic (exact) mass is 307 g/mol. The van der Waals surface area contributed by atoms with Crippen molar-refractivity contribution in [2.45, 2.75) is 32.4 Å². The van der Waals surface area contributed by atoms with Gasteiger partial charge in [0.05, 0.1) is 6.04 Å². The van der Waals surface area contributed by atoms with Gasteiger partial charge in [0.15, 0.2) is 0 Å². The largest absolute Gasteiger partial charge is 0.326 e. The molecule has 1 heterocycles. The fourth-order valence-corrected chi connectivity index (χ4v) is 2.73. The van der Waals surface area contributed by atoms with Gasteiger partial charge in [-0.15, -0.1) is 0 Å². The Hall–Kier alpha value is -1.13. The van der Waals surface area contributed by atoms with Crippen molar-refractivity contribution < 1.29 is 0 Å². The summed E-state index contributed by atoms with van der Waals surface area (Å²) in [7, 11) is 0. The minimum Gasteiger partial charge on any atom is -0.326 e. The lowest BCUT2D eigenvalue weighted by Crippen LogP contribution is -2.33. The summed E-state index contributed by atoms with van der Waals surface area (Å²) in [5, 5.41) is 0. The van der Waals surface area contributed by atoms with Gasteiger partial charge in [-0.1, -0.05) is 41.1 Å². The Bertz CT molecular complexity index is 521. The van der Waals surface area contributed by atoms with Gasteiger partial charge in [-0.3, -0.25) is 0 Å². The van der Waals surface area contributed by atoms with Crippen LogP contribution in [0.15, 0.2) is 41.1 Å². The third-order valence-corrected chi connectivity index (χ3v) is 3.98. The molecule has 0 saturated carbocycles. The van der Waals surface area contributed by atoms with Crippen molar-refractivity contribution in [2.24, 2.45) is 5.73 Å². The zero-order valence-corrected chi connectivity index (χ0v) is 12.3. The van der Waals surface area contributed by atoms with Gasteiger partial charge in [0.2, 0.25) is 0 Å². The lowest BCUT2D eigenvalue weighted by molar-refractivity contribution is 0.450. The summed E-state index contributed by atoms with van der Waals surface area (Å²) >= 11 is 3.62. The average Bonchev–Trinajstić information content (AvgIpc) is 2.78. The summed E-state index contributed by atoms with van der Waals surface area (Å²) in [5.41, 5.74) is 7.51. The van der Waals surface area contributed by atoms with Crippen molar-refractivity contribution >= 4 is 15.9 Å². The highest BCUT2D eigenvalue weighted by Crippen LogP contribution is 2.29. The molecule has 0 saturated heterocycles. The average molecular weight is 308 g/mol. The Labute approximate surface area is 116 Å². The first kappa shape index (κ1) is 13.3. The van der Waals surface area contributed by atoms with E-state index in [1.807, 2.05) is 31.5 Å². The molecule has 2 atom stereocenters. The van der Waals surface area contributed by atoms with Crippen LogP contribution in [0, 0.1) is 6.92 Å². The van der Waals surface area contributed by atoms with Crippen LogP contribution in [0.3, 0.4) is 0 Å². The molecule has 2 N–H and O–H groups in total. The number of hydrogen-bond donors (Lipinski definition) is 1. The smallest absolute Gasteiger partial charge is 0.106 e. The van der Waals surface area contributed by atoms with Crippen LogP contribution in [0.2, 0.25) is 0 Å². The number of aryl methyl sites for hydroxylation is 1. The van der Waals surface area contributed by atoms with E-state index in [0.717, 1.165) is 16.7 Å². The summed E-state index contributed by atoms with van der Waals surface area (Å²) < 4.78 is 3.24. The Morgan fingerprint density at radius 1 is 1.39 bits per heavy atom. The first-order valence-corrected chi connectivity index (χ1v) is 6.94. The van der Waals surface area contributed by atoms with E-state index in [-0.39, 0.29) is 12.1 Å². The zero-order valence-electron chi connectivity index (χ0n) is 10.7. The molecule has 2 rings (SSSR count). The number of benzene rings is 1. The second kappa shape index (κ2) is 5.67. The van der Waals surface area contributed by atoms with Crippen molar-refractivity contribution in [3.05, 3.63) is 52.5 Å². The van der Waals surface area contributed by atoms with Gasteiger partial charge in [0.25, 0.3) is 0 Å². The highest BCUT2D eigenvalue weighted by molar-refractivity contribution is 9.10. The maximum atomic E-state index is 6.31. The second-order valence-corrected chi connectivity index (χ2v) is 5.27. The number of nitrogens with zero attached hydrogens (tertiary/aromatic N) is 2. The van der Waals surface area contributed by atoms with E-state index < -0.39 is 0 Å². The van der Waals surface area contributed by atoms with E-state index in [2.05, 4.69) is 44.5 Å². The van der Waals surface area contributed by atoms with Crippen molar-refractivity contribution in [1.29, 1.82) is 0 Å². The quantitative estimate of drug-likeness (QED) is 0.942. The Morgan fingerprint density at radius 3 is 2.67 bits per heavy atom. The molecule has 0 fully saturated rings. The Balaban J connectivity index is 2.51. The van der Waals surface area contributed by atoms with Crippen molar-refractivity contribution in [2.75, 3.05) is 0 Å². The first-order valence-electron chi connectivity index (χ1n) is 6.14. The predicted molar refractivity (Wildman–Crippen MR) is 77.5 cm³/mol. The number of halogens is 1. The molecule has 0 bridgehead atoms. The fourth-order valence-electron chi connectivity index (χ4n) is 2.21. The van der Waals surface area contributed by atoms with E-state index in [1.54, 1.807) is 0 Å². The van der Waals surface area contributed by atoms with Crippen LogP contribution < -0.4 is 5.73 Å². The summed E-state index contributed by atoms with van der Waals surface area (Å²) in [4.78, 5) is 4.30. The Kier molecular flexibility index (Phi) is 4.19. The summed E-state index contributed by atoms with van der Waals surface area (Å²) in [6, 6.07) is 8.41. The van der Waals surface area contributed by atoms with Gasteiger partial charge in [-0.2, -0.15) is 0 Å². The fraction of sp³-hybridized carbons (Fsp3) is 0.357. The van der Waals surface area contributed by atoms with Crippen molar-refractivity contribution in [1.82, 2.24) is 9.55 Å². The van der Waals surface area contributed by atoms with Gasteiger partial charge >= 0.3 is 0 Å². The van der Waals surface area contributed by atoms with Crippen LogP contribution in [-0.4, -0.2) is 15.6 Å². The van der Waals surface area contributed by atoms with Crippen molar-refractivity contribution in [3.63, 3.8) is 0 Å². The molecule has 0 aliphatic rings. The number of nitrogens with two attached hydrogens (primary N) is 1. The molecule has 0 radical (unpaired) electrons. The van der Waals surface area contributed by atoms with Gasteiger partial charge in [-0.25, -0.2) is 4.98 Å².